The maximum atomic E-state index is 14.1. The lowest BCUT2D eigenvalue weighted by Crippen LogP contribution is -2.59. The number of alkyl carbamates (subject to hydrolysis) is 2. The fourth-order valence-corrected chi connectivity index (χ4v) is 10.2. The van der Waals surface area contributed by atoms with Crippen LogP contribution in [0, 0.1) is 37.0 Å². The largest absolute Gasteiger partial charge is 0.453 e. The molecule has 0 spiro atoms. The number of amides is 4. The maximum Gasteiger partial charge on any atom is 0.407 e. The molecule has 3 fully saturated rings. The number of ether oxygens (including phenoxy) is 2. The van der Waals surface area contributed by atoms with Gasteiger partial charge in [0.05, 0.1) is 43.5 Å². The lowest BCUT2D eigenvalue weighted by molar-refractivity contribution is -0.142. The maximum absolute atomic E-state index is 14.1. The number of aromatic nitrogens is 5. The van der Waals surface area contributed by atoms with E-state index in [9.17, 15) is 19.2 Å². The number of aryl methyl sites for hydroxylation is 1. The van der Waals surface area contributed by atoms with Gasteiger partial charge < -0.3 is 44.9 Å². The van der Waals surface area contributed by atoms with Crippen molar-refractivity contribution in [3.8, 4) is 46.0 Å². The lowest BCUT2D eigenvalue weighted by atomic mass is 9.85. The molecule has 2 aliphatic heterocycles. The van der Waals surface area contributed by atoms with Crippen molar-refractivity contribution in [3.63, 3.8) is 0 Å². The third kappa shape index (κ3) is 7.48. The molecule has 8 rings (SSSR count). The van der Waals surface area contributed by atoms with Crippen molar-refractivity contribution in [3.05, 3.63) is 72.2 Å². The van der Waals surface area contributed by atoms with E-state index in [-0.39, 0.29) is 23.7 Å². The molecule has 1 aliphatic carbocycles. The molecule has 1 saturated carbocycles. The van der Waals surface area contributed by atoms with Crippen LogP contribution >= 0.6 is 0 Å². The molecule has 5 N–H and O–H groups in total. The smallest absolute Gasteiger partial charge is 0.407 e. The van der Waals surface area contributed by atoms with Crippen LogP contribution in [0.5, 0.6) is 0 Å². The van der Waals surface area contributed by atoms with Gasteiger partial charge in [0.2, 0.25) is 11.8 Å². The zero-order valence-corrected chi connectivity index (χ0v) is 37.1. The number of imidazole rings is 2. The van der Waals surface area contributed by atoms with Crippen LogP contribution in [0.25, 0.3) is 44.5 Å². The van der Waals surface area contributed by atoms with Gasteiger partial charge in [-0.1, -0.05) is 70.0 Å². The topological polar surface area (TPSA) is 190 Å². The predicted molar refractivity (Wildman–Crippen MR) is 239 cm³/mol. The van der Waals surface area contributed by atoms with Crippen LogP contribution in [0.2, 0.25) is 0 Å². The van der Waals surface area contributed by atoms with Crippen molar-refractivity contribution in [2.75, 3.05) is 27.3 Å². The van der Waals surface area contributed by atoms with Crippen LogP contribution in [0.3, 0.4) is 0 Å². The van der Waals surface area contributed by atoms with E-state index in [1.807, 2.05) is 57.1 Å². The van der Waals surface area contributed by atoms with Gasteiger partial charge in [0.1, 0.15) is 29.3 Å². The number of terminal acetylenes is 1. The molecule has 3 aliphatic rings. The number of aromatic amines is 3. The van der Waals surface area contributed by atoms with Crippen molar-refractivity contribution in [2.24, 2.45) is 17.8 Å². The lowest BCUT2D eigenvalue weighted by Gasteiger charge is -2.44. The summed E-state index contributed by atoms with van der Waals surface area (Å²) in [7, 11) is 2.57. The van der Waals surface area contributed by atoms with Gasteiger partial charge in [0.25, 0.3) is 0 Å². The summed E-state index contributed by atoms with van der Waals surface area (Å²) in [5.74, 6) is 3.84. The second kappa shape index (κ2) is 17.0. The Labute approximate surface area is 367 Å². The first-order valence-electron chi connectivity index (χ1n) is 21.9. The Morgan fingerprint density at radius 2 is 1.41 bits per heavy atom. The number of methoxy groups -OCH3 is 2. The normalized spacial score (nSPS) is 21.7. The van der Waals surface area contributed by atoms with Crippen LogP contribution in [0.4, 0.5) is 9.59 Å². The van der Waals surface area contributed by atoms with E-state index in [2.05, 4.69) is 62.7 Å². The molecular formula is C48H57N9O6. The second-order valence-electron chi connectivity index (χ2n) is 18.0. The number of hydrogen-bond acceptors (Lipinski definition) is 8. The zero-order chi connectivity index (χ0) is 44.8. The van der Waals surface area contributed by atoms with Crippen molar-refractivity contribution in [1.82, 2.24) is 45.4 Å². The van der Waals surface area contributed by atoms with Crippen molar-refractivity contribution >= 4 is 34.9 Å². The van der Waals surface area contributed by atoms with Crippen molar-refractivity contribution in [2.45, 2.75) is 96.3 Å². The second-order valence-corrected chi connectivity index (χ2v) is 18.0. The number of likely N-dealkylation sites (tertiary alicyclic amines) is 2. The van der Waals surface area contributed by atoms with E-state index in [4.69, 9.17) is 25.9 Å². The number of H-pyrrole nitrogens is 3. The molecule has 15 nitrogen and oxygen atoms in total. The number of carbonyl (C=O) groups is 4. The van der Waals surface area contributed by atoms with Gasteiger partial charge in [-0.25, -0.2) is 19.6 Å². The third-order valence-electron chi connectivity index (χ3n) is 13.5. The summed E-state index contributed by atoms with van der Waals surface area (Å²) in [6.07, 6.45) is 15.4. The molecule has 5 heterocycles. The van der Waals surface area contributed by atoms with Gasteiger partial charge in [-0.2, -0.15) is 0 Å². The molecule has 2 aromatic carbocycles. The first-order chi connectivity index (χ1) is 30.2. The van der Waals surface area contributed by atoms with Gasteiger partial charge in [0, 0.05) is 30.2 Å². The van der Waals surface area contributed by atoms with E-state index in [1.54, 1.807) is 11.1 Å². The van der Waals surface area contributed by atoms with E-state index in [0.29, 0.717) is 31.3 Å². The molecular weight excluding hydrogens is 799 g/mol. The fourth-order valence-electron chi connectivity index (χ4n) is 10.2. The molecule has 15 heteroatoms. The Bertz CT molecular complexity index is 2580. The summed E-state index contributed by atoms with van der Waals surface area (Å²) >= 11 is 0. The van der Waals surface area contributed by atoms with E-state index in [1.165, 1.54) is 14.2 Å². The Morgan fingerprint density at radius 1 is 0.810 bits per heavy atom. The summed E-state index contributed by atoms with van der Waals surface area (Å²) < 4.78 is 9.66. The Morgan fingerprint density at radius 3 is 2.05 bits per heavy atom. The Hall–Kier alpha value is -6.56. The molecule has 5 atom stereocenters. The zero-order valence-electron chi connectivity index (χ0n) is 37.1. The minimum atomic E-state index is -1.11. The van der Waals surface area contributed by atoms with Crippen LogP contribution in [-0.4, -0.2) is 98.1 Å². The summed E-state index contributed by atoms with van der Waals surface area (Å²) in [6, 6.07) is 11.0. The van der Waals surface area contributed by atoms with Crippen molar-refractivity contribution < 1.29 is 28.7 Å². The van der Waals surface area contributed by atoms with E-state index >= 15 is 0 Å². The highest BCUT2D eigenvalue weighted by molar-refractivity contribution is 6.04. The Balaban J connectivity index is 1.05. The highest BCUT2D eigenvalue weighted by Gasteiger charge is 2.56. The molecule has 4 amide bonds. The highest BCUT2D eigenvalue weighted by atomic mass is 16.5. The number of fused-ring (bicyclic) bond motifs is 3. The number of nitrogens with zero attached hydrogens (tertiary/aromatic N) is 4. The summed E-state index contributed by atoms with van der Waals surface area (Å²) in [5.41, 5.74) is 5.95. The molecule has 2 bridgehead atoms. The van der Waals surface area contributed by atoms with Gasteiger partial charge in [0.15, 0.2) is 5.54 Å². The van der Waals surface area contributed by atoms with Crippen LogP contribution in [-0.2, 0) is 30.1 Å². The minimum absolute atomic E-state index is 0.119. The molecule has 330 valence electrons. The summed E-state index contributed by atoms with van der Waals surface area (Å²) in [6.45, 7) is 10.7. The van der Waals surface area contributed by atoms with E-state index < -0.39 is 35.3 Å². The monoisotopic (exact) mass is 855 g/mol. The number of nitrogens with one attached hydrogen (secondary N) is 5. The standard InChI is InChI=1S/C48H57N9O6/c1-9-47(19-10-11-21-56(47)41(58)38(27(2)3)54-45(60)62-7)43-50-24-35(52-43)32-14-12-31(13-15-32)33-16-17-34(40-37(33)29(6)23-49-40)36-25-51-44(53-36)48-20-18-30(22-48)26-57(48)42(59)39(28(4)5)55-46(61)63-8/h1,12-17,23-25,27-28,30,38-39,49H,10-11,18-22,26H2,2-8H3,(H,50,52)(H,51,53)(H,54,60)(H,55,61)/t30-,38+,39+,47-,48+/m1/s1. The van der Waals surface area contributed by atoms with Gasteiger partial charge in [-0.05, 0) is 85.5 Å². The number of hydrogen-bond donors (Lipinski definition) is 5. The average molecular weight is 856 g/mol. The van der Waals surface area contributed by atoms with E-state index in [0.717, 1.165) is 88.0 Å². The van der Waals surface area contributed by atoms with Crippen molar-refractivity contribution in [1.29, 1.82) is 0 Å². The average Bonchev–Trinajstić information content (AvgIpc) is 4.16. The quantitative estimate of drug-likeness (QED) is 0.0852. The van der Waals surface area contributed by atoms with Crippen LogP contribution in [0.15, 0.2) is 55.0 Å². The van der Waals surface area contributed by atoms with Gasteiger partial charge >= 0.3 is 12.2 Å². The number of carbonyl (C=O) groups excluding carboxylic acids is 4. The number of rotatable bonds is 11. The van der Waals surface area contributed by atoms with Gasteiger partial charge in [-0.15, -0.1) is 6.42 Å². The molecule has 3 aromatic heterocycles. The highest BCUT2D eigenvalue weighted by Crippen LogP contribution is 2.53. The molecule has 63 heavy (non-hydrogen) atoms. The molecule has 0 radical (unpaired) electrons. The first kappa shape index (κ1) is 43.1. The van der Waals surface area contributed by atoms with Crippen LogP contribution < -0.4 is 10.6 Å². The summed E-state index contributed by atoms with van der Waals surface area (Å²) in [5, 5.41) is 6.55. The molecule has 2 saturated heterocycles. The third-order valence-corrected chi connectivity index (χ3v) is 13.5. The molecule has 5 aromatic rings. The fraction of sp³-hybridized carbons (Fsp3) is 0.458. The number of piperidine rings is 2. The predicted octanol–water partition coefficient (Wildman–Crippen LogP) is 7.36. The minimum Gasteiger partial charge on any atom is -0.453 e. The van der Waals surface area contributed by atoms with Gasteiger partial charge in [-0.3, -0.25) is 9.59 Å². The first-order valence-corrected chi connectivity index (χ1v) is 21.9. The molecule has 0 unspecified atom stereocenters. The summed E-state index contributed by atoms with van der Waals surface area (Å²) in [4.78, 5) is 76.5. The Kier molecular flexibility index (Phi) is 11.6. The number of benzene rings is 2. The van der Waals surface area contributed by atoms with Crippen LogP contribution in [0.1, 0.15) is 83.4 Å². The SMILES string of the molecule is C#C[C@]1(c2ncc(-c3ccc(-c4ccc(-c5cnc([C@@]67CC[C@@H](CN6C(=O)[C@@H](NC(=O)OC)C(C)C)C7)[nH]5)c5[nH]cc(C)c45)cc3)[nH]2)CCCCN1C(=O)[C@@H](NC(=O)OC)C(C)C.